The quantitative estimate of drug-likeness (QED) is 0.287. The maximum Gasteiger partial charge on any atom is 0.332 e. The Kier molecular flexibility index (Phi) is 6.96. The van der Waals surface area contributed by atoms with E-state index in [1.165, 1.54) is 27.9 Å². The van der Waals surface area contributed by atoms with E-state index >= 15 is 0 Å². The molecule has 0 saturated heterocycles. The zero-order valence-corrected chi connectivity index (χ0v) is 20.8. The first-order chi connectivity index (χ1) is 17.0. The number of hydrogen-bond donors (Lipinski definition) is 1. The average molecular weight is 514 g/mol. The van der Waals surface area contributed by atoms with E-state index < -0.39 is 40.0 Å². The van der Waals surface area contributed by atoms with E-state index in [-0.39, 0.29) is 29.8 Å². The third-order valence-corrected chi connectivity index (χ3v) is 7.00. The Bertz CT molecular complexity index is 1570. The van der Waals surface area contributed by atoms with Gasteiger partial charge in [-0.15, -0.1) is 0 Å². The van der Waals surface area contributed by atoms with E-state index in [9.17, 15) is 23.2 Å². The standard InChI is InChI=1S/C25H25F2N5O3S/c1-25(2,14-28)36-23-29-21-20(31(23)12-16-11-17(26)9-10-18(16)27)22(34)32(24(35)30(21)3)13-19(33)15-7-5-4-6-8-15/h4-11H,12-14,28H2,1-3H3. The Balaban J connectivity index is 1.94. The van der Waals surface area contributed by atoms with Gasteiger partial charge in [-0.1, -0.05) is 42.1 Å². The van der Waals surface area contributed by atoms with Gasteiger partial charge in [0.05, 0.1) is 13.1 Å². The summed E-state index contributed by atoms with van der Waals surface area (Å²) in [5.41, 5.74) is 4.84. The summed E-state index contributed by atoms with van der Waals surface area (Å²) < 4.78 is 31.4. The summed E-state index contributed by atoms with van der Waals surface area (Å²) in [6.45, 7) is 3.31. The number of aryl methyl sites for hydroxylation is 1. The lowest BCUT2D eigenvalue weighted by molar-refractivity contribution is 0.0969. The van der Waals surface area contributed by atoms with Crippen molar-refractivity contribution in [2.24, 2.45) is 12.8 Å². The second-order valence-electron chi connectivity index (χ2n) is 8.98. The minimum atomic E-state index is -0.751. The number of carbonyl (C=O) groups is 1. The fraction of sp³-hybridized carbons (Fsp3) is 0.280. The summed E-state index contributed by atoms with van der Waals surface area (Å²) in [6.07, 6.45) is 0. The van der Waals surface area contributed by atoms with Crippen LogP contribution in [0, 0.1) is 11.6 Å². The molecule has 0 bridgehead atoms. The molecule has 0 aliphatic rings. The summed E-state index contributed by atoms with van der Waals surface area (Å²) in [7, 11) is 1.44. The maximum atomic E-state index is 14.6. The first-order valence-corrected chi connectivity index (χ1v) is 12.0. The molecule has 0 amide bonds. The van der Waals surface area contributed by atoms with E-state index in [0.717, 1.165) is 22.8 Å². The first-order valence-electron chi connectivity index (χ1n) is 11.1. The van der Waals surface area contributed by atoms with E-state index in [4.69, 9.17) is 5.73 Å². The van der Waals surface area contributed by atoms with Crippen molar-refractivity contribution in [2.75, 3.05) is 6.54 Å². The Morgan fingerprint density at radius 2 is 1.78 bits per heavy atom. The maximum absolute atomic E-state index is 14.6. The van der Waals surface area contributed by atoms with Crippen LogP contribution >= 0.6 is 11.8 Å². The van der Waals surface area contributed by atoms with Gasteiger partial charge in [0.2, 0.25) is 0 Å². The summed E-state index contributed by atoms with van der Waals surface area (Å²) >= 11 is 1.25. The molecule has 2 heterocycles. The molecule has 2 N–H and O–H groups in total. The zero-order valence-electron chi connectivity index (χ0n) is 20.0. The predicted molar refractivity (Wildman–Crippen MR) is 134 cm³/mol. The van der Waals surface area contributed by atoms with Gasteiger partial charge in [0, 0.05) is 29.5 Å². The molecule has 36 heavy (non-hydrogen) atoms. The van der Waals surface area contributed by atoms with E-state index in [1.807, 2.05) is 13.8 Å². The van der Waals surface area contributed by atoms with Crippen molar-refractivity contribution in [1.82, 2.24) is 18.7 Å². The number of aromatic nitrogens is 4. The lowest BCUT2D eigenvalue weighted by Gasteiger charge is -2.21. The topological polar surface area (TPSA) is 105 Å². The van der Waals surface area contributed by atoms with Crippen LogP contribution in [0.25, 0.3) is 11.2 Å². The molecule has 0 unspecified atom stereocenters. The molecule has 11 heteroatoms. The van der Waals surface area contributed by atoms with Crippen LogP contribution in [0.5, 0.6) is 0 Å². The number of carbonyl (C=O) groups excluding carboxylic acids is 1. The molecule has 8 nitrogen and oxygen atoms in total. The number of Topliss-reactive ketones (excluding diaryl/α,β-unsaturated/α-hetero) is 1. The highest BCUT2D eigenvalue weighted by Gasteiger charge is 2.27. The Morgan fingerprint density at radius 1 is 1.08 bits per heavy atom. The van der Waals surface area contributed by atoms with Gasteiger partial charge in [-0.25, -0.2) is 18.6 Å². The Morgan fingerprint density at radius 3 is 2.44 bits per heavy atom. The van der Waals surface area contributed by atoms with Crippen molar-refractivity contribution in [1.29, 1.82) is 0 Å². The first kappa shape index (κ1) is 25.5. The summed E-state index contributed by atoms with van der Waals surface area (Å²) in [6, 6.07) is 11.4. The lowest BCUT2D eigenvalue weighted by Crippen LogP contribution is -2.41. The van der Waals surface area contributed by atoms with Gasteiger partial charge in [-0.2, -0.15) is 0 Å². The highest BCUT2D eigenvalue weighted by molar-refractivity contribution is 8.00. The second kappa shape index (κ2) is 9.82. The molecule has 2 aromatic heterocycles. The van der Waals surface area contributed by atoms with Crippen LogP contribution in [0.2, 0.25) is 0 Å². The molecule has 0 atom stereocenters. The number of ketones is 1. The number of fused-ring (bicyclic) bond motifs is 1. The largest absolute Gasteiger partial charge is 0.332 e. The predicted octanol–water partition coefficient (Wildman–Crippen LogP) is 2.94. The van der Waals surface area contributed by atoms with Crippen molar-refractivity contribution >= 4 is 28.7 Å². The molecular weight excluding hydrogens is 488 g/mol. The van der Waals surface area contributed by atoms with Crippen LogP contribution in [-0.4, -0.2) is 35.8 Å². The zero-order chi connectivity index (χ0) is 26.2. The van der Waals surface area contributed by atoms with Gasteiger partial charge in [0.15, 0.2) is 22.1 Å². The van der Waals surface area contributed by atoms with Crippen LogP contribution in [0.3, 0.4) is 0 Å². The minimum Gasteiger partial charge on any atom is -0.329 e. The number of benzene rings is 2. The van der Waals surface area contributed by atoms with Crippen LogP contribution < -0.4 is 17.0 Å². The van der Waals surface area contributed by atoms with Gasteiger partial charge in [0.25, 0.3) is 5.56 Å². The molecule has 0 fully saturated rings. The highest BCUT2D eigenvalue weighted by Crippen LogP contribution is 2.33. The van der Waals surface area contributed by atoms with E-state index in [2.05, 4.69) is 4.98 Å². The summed E-state index contributed by atoms with van der Waals surface area (Å²) in [5.74, 6) is -1.71. The molecule has 0 spiro atoms. The Labute approximate surface area is 209 Å². The number of rotatable bonds is 8. The van der Waals surface area contributed by atoms with Gasteiger partial charge in [-0.3, -0.25) is 18.7 Å². The smallest absolute Gasteiger partial charge is 0.329 e. The third kappa shape index (κ3) is 4.89. The minimum absolute atomic E-state index is 0.00173. The molecule has 4 rings (SSSR count). The number of thioether (sulfide) groups is 1. The van der Waals surface area contributed by atoms with Crippen molar-refractivity contribution in [3.05, 3.63) is 92.1 Å². The van der Waals surface area contributed by atoms with Crippen LogP contribution in [0.4, 0.5) is 8.78 Å². The second-order valence-corrected chi connectivity index (χ2v) is 10.7. The van der Waals surface area contributed by atoms with Crippen molar-refractivity contribution in [3.8, 4) is 0 Å². The monoisotopic (exact) mass is 513 g/mol. The molecule has 2 aromatic carbocycles. The van der Waals surface area contributed by atoms with Gasteiger partial charge >= 0.3 is 5.69 Å². The Hall–Kier alpha value is -3.57. The number of nitrogens with zero attached hydrogens (tertiary/aromatic N) is 4. The molecule has 0 aliphatic heterocycles. The molecule has 4 aromatic rings. The fourth-order valence-electron chi connectivity index (χ4n) is 3.70. The molecular formula is C25H25F2N5O3S. The summed E-state index contributed by atoms with van der Waals surface area (Å²) in [4.78, 5) is 44.0. The van der Waals surface area contributed by atoms with E-state index in [0.29, 0.717) is 10.7 Å². The van der Waals surface area contributed by atoms with Crippen LogP contribution in [-0.2, 0) is 20.1 Å². The van der Waals surface area contributed by atoms with Crippen molar-refractivity contribution in [2.45, 2.75) is 36.8 Å². The highest BCUT2D eigenvalue weighted by atomic mass is 32.2. The molecule has 0 saturated carbocycles. The van der Waals surface area contributed by atoms with Crippen molar-refractivity contribution < 1.29 is 13.6 Å². The fourth-order valence-corrected chi connectivity index (χ4v) is 4.67. The molecule has 0 radical (unpaired) electrons. The SMILES string of the molecule is Cn1c(=O)n(CC(=O)c2ccccc2)c(=O)c2c1nc(SC(C)(C)CN)n2Cc1cc(F)ccc1F. The normalized spacial score (nSPS) is 11.8. The van der Waals surface area contributed by atoms with Crippen molar-refractivity contribution in [3.63, 3.8) is 0 Å². The number of nitrogens with two attached hydrogens (primary N) is 1. The van der Waals surface area contributed by atoms with Crippen LogP contribution in [0.15, 0.2) is 63.3 Å². The number of imidazole rings is 1. The lowest BCUT2D eigenvalue weighted by atomic mass is 10.1. The van der Waals surface area contributed by atoms with E-state index in [1.54, 1.807) is 30.3 Å². The van der Waals surface area contributed by atoms with Gasteiger partial charge in [-0.05, 0) is 32.0 Å². The van der Waals surface area contributed by atoms with Gasteiger partial charge in [0.1, 0.15) is 11.6 Å². The molecule has 188 valence electrons. The average Bonchev–Trinajstić information content (AvgIpc) is 3.20. The van der Waals surface area contributed by atoms with Gasteiger partial charge < -0.3 is 10.3 Å². The van der Waals surface area contributed by atoms with Crippen LogP contribution in [0.1, 0.15) is 29.8 Å². The summed E-state index contributed by atoms with van der Waals surface area (Å²) in [5, 5.41) is 0.309. The molecule has 0 aliphatic carbocycles. The third-order valence-electron chi connectivity index (χ3n) is 5.79. The number of halogens is 2. The number of hydrogen-bond acceptors (Lipinski definition) is 6.